The molecule has 0 fully saturated rings. The largest absolute Gasteiger partial charge is 0.353 e. The number of aromatic amines is 1. The molecule has 0 aromatic carbocycles. The first-order chi connectivity index (χ1) is 8.97. The van der Waals surface area contributed by atoms with Gasteiger partial charge in [0, 0.05) is 11.7 Å². The molecule has 2 N–H and O–H groups in total. The van der Waals surface area contributed by atoms with Gasteiger partial charge in [0.15, 0.2) is 0 Å². The van der Waals surface area contributed by atoms with E-state index in [-0.39, 0.29) is 17.7 Å². The maximum absolute atomic E-state index is 11.6. The first-order valence-electron chi connectivity index (χ1n) is 5.91. The zero-order valence-electron chi connectivity index (χ0n) is 11.1. The lowest BCUT2D eigenvalue weighted by Gasteiger charge is -2.11. The molecule has 1 aromatic rings. The first-order valence-corrected chi connectivity index (χ1v) is 6.89. The Morgan fingerprint density at radius 1 is 1.63 bits per heavy atom. The van der Waals surface area contributed by atoms with Crippen LogP contribution in [0.2, 0.25) is 0 Å². The van der Waals surface area contributed by atoms with Gasteiger partial charge in [-0.1, -0.05) is 18.7 Å². The second-order valence-corrected chi connectivity index (χ2v) is 5.09. The van der Waals surface area contributed by atoms with Gasteiger partial charge in [-0.05, 0) is 20.3 Å². The number of rotatable bonds is 5. The van der Waals surface area contributed by atoms with Gasteiger partial charge in [-0.25, -0.2) is 4.79 Å². The number of carbonyl (C=O) groups is 1. The molecule has 0 aliphatic carbocycles. The van der Waals surface area contributed by atoms with Crippen molar-refractivity contribution in [1.82, 2.24) is 15.3 Å². The van der Waals surface area contributed by atoms with Crippen LogP contribution in [0.4, 0.5) is 0 Å². The summed E-state index contributed by atoms with van der Waals surface area (Å²) in [7, 11) is 0. The van der Waals surface area contributed by atoms with Gasteiger partial charge >= 0.3 is 5.69 Å². The summed E-state index contributed by atoms with van der Waals surface area (Å²) in [5.41, 5.74) is 0.259. The van der Waals surface area contributed by atoms with Gasteiger partial charge in [-0.3, -0.25) is 4.79 Å². The Hall–Kier alpha value is -1.81. The number of nitriles is 1. The highest BCUT2D eigenvalue weighted by Crippen LogP contribution is 2.19. The van der Waals surface area contributed by atoms with E-state index >= 15 is 0 Å². The Morgan fingerprint density at radius 3 is 2.89 bits per heavy atom. The minimum Gasteiger partial charge on any atom is -0.353 e. The molecule has 0 spiro atoms. The van der Waals surface area contributed by atoms with Crippen LogP contribution in [0.3, 0.4) is 0 Å². The average Bonchev–Trinajstić information content (AvgIpc) is 2.35. The summed E-state index contributed by atoms with van der Waals surface area (Å²) in [6, 6.07) is 2.09. The summed E-state index contributed by atoms with van der Waals surface area (Å²) in [4.78, 5) is 29.1. The van der Waals surface area contributed by atoms with Crippen molar-refractivity contribution >= 4 is 17.7 Å². The summed E-state index contributed by atoms with van der Waals surface area (Å²) in [5, 5.41) is 12.1. The lowest BCUT2D eigenvalue weighted by atomic mass is 10.3. The SMILES string of the molecule is CCC(C)NC(=O)CSc1nc(=O)[nH]c(C)c1C#N. The number of aryl methyl sites for hydroxylation is 1. The fourth-order valence-corrected chi connectivity index (χ4v) is 2.19. The minimum atomic E-state index is -0.513. The molecule has 0 saturated carbocycles. The smallest absolute Gasteiger partial charge is 0.346 e. The lowest BCUT2D eigenvalue weighted by molar-refractivity contribution is -0.119. The van der Waals surface area contributed by atoms with E-state index < -0.39 is 5.69 Å². The Balaban J connectivity index is 2.76. The lowest BCUT2D eigenvalue weighted by Crippen LogP contribution is -2.33. The molecule has 102 valence electrons. The predicted octanol–water partition coefficient (Wildman–Crippen LogP) is 0.957. The summed E-state index contributed by atoms with van der Waals surface area (Å²) < 4.78 is 0. The molecule has 7 heteroatoms. The molecule has 0 aliphatic heterocycles. The topological polar surface area (TPSA) is 98.6 Å². The van der Waals surface area contributed by atoms with Gasteiger partial charge in [0.2, 0.25) is 5.91 Å². The fraction of sp³-hybridized carbons (Fsp3) is 0.500. The molecule has 0 bridgehead atoms. The highest BCUT2D eigenvalue weighted by atomic mass is 32.2. The van der Waals surface area contributed by atoms with Crippen molar-refractivity contribution in [2.45, 2.75) is 38.3 Å². The van der Waals surface area contributed by atoms with Gasteiger partial charge in [-0.15, -0.1) is 0 Å². The van der Waals surface area contributed by atoms with Crippen LogP contribution in [0, 0.1) is 18.3 Å². The Morgan fingerprint density at radius 2 is 2.32 bits per heavy atom. The number of H-pyrrole nitrogens is 1. The normalized spacial score (nSPS) is 11.7. The van der Waals surface area contributed by atoms with Gasteiger partial charge in [0.25, 0.3) is 0 Å². The van der Waals surface area contributed by atoms with Crippen molar-refractivity contribution in [3.63, 3.8) is 0 Å². The second-order valence-electron chi connectivity index (χ2n) is 4.12. The van der Waals surface area contributed by atoms with Crippen molar-refractivity contribution < 1.29 is 4.79 Å². The molecule has 0 radical (unpaired) electrons. The highest BCUT2D eigenvalue weighted by molar-refractivity contribution is 8.00. The number of amides is 1. The first kappa shape index (κ1) is 15.2. The third-order valence-corrected chi connectivity index (χ3v) is 3.53. The van der Waals surface area contributed by atoms with Crippen LogP contribution in [0.25, 0.3) is 0 Å². The second kappa shape index (κ2) is 6.95. The Bertz CT molecular complexity index is 562. The van der Waals surface area contributed by atoms with E-state index in [2.05, 4.69) is 15.3 Å². The number of nitrogens with one attached hydrogen (secondary N) is 2. The third kappa shape index (κ3) is 4.41. The van der Waals surface area contributed by atoms with Crippen molar-refractivity contribution in [2.75, 3.05) is 5.75 Å². The number of thioether (sulfide) groups is 1. The zero-order valence-corrected chi connectivity index (χ0v) is 11.9. The van der Waals surface area contributed by atoms with Gasteiger partial charge in [0.05, 0.1) is 5.75 Å². The van der Waals surface area contributed by atoms with E-state index in [0.717, 1.165) is 18.2 Å². The zero-order chi connectivity index (χ0) is 14.4. The van der Waals surface area contributed by atoms with E-state index in [1.165, 1.54) is 0 Å². The summed E-state index contributed by atoms with van der Waals surface area (Å²) >= 11 is 1.09. The van der Waals surface area contributed by atoms with Gasteiger partial charge in [0.1, 0.15) is 16.7 Å². The van der Waals surface area contributed by atoms with Crippen LogP contribution >= 0.6 is 11.8 Å². The third-order valence-electron chi connectivity index (χ3n) is 2.56. The molecule has 1 rings (SSSR count). The maximum Gasteiger partial charge on any atom is 0.346 e. The van der Waals surface area contributed by atoms with Crippen LogP contribution in [0.1, 0.15) is 31.5 Å². The Kier molecular flexibility index (Phi) is 5.57. The maximum atomic E-state index is 11.6. The molecule has 1 heterocycles. The van der Waals surface area contributed by atoms with Crippen molar-refractivity contribution in [1.29, 1.82) is 5.26 Å². The number of hydrogen-bond acceptors (Lipinski definition) is 5. The summed E-state index contributed by atoms with van der Waals surface area (Å²) in [6.07, 6.45) is 0.849. The quantitative estimate of drug-likeness (QED) is 0.618. The van der Waals surface area contributed by atoms with E-state index in [1.54, 1.807) is 6.92 Å². The molecular weight excluding hydrogens is 264 g/mol. The van der Waals surface area contributed by atoms with Crippen LogP contribution in [0.5, 0.6) is 0 Å². The molecule has 0 saturated heterocycles. The average molecular weight is 280 g/mol. The molecule has 1 amide bonds. The molecule has 6 nitrogen and oxygen atoms in total. The molecule has 1 aromatic heterocycles. The fourth-order valence-electron chi connectivity index (χ4n) is 1.35. The highest BCUT2D eigenvalue weighted by Gasteiger charge is 2.12. The van der Waals surface area contributed by atoms with Crippen molar-refractivity contribution in [2.24, 2.45) is 0 Å². The minimum absolute atomic E-state index is 0.109. The standard InChI is InChI=1S/C12H16N4O2S/c1-4-7(2)14-10(17)6-19-11-9(5-13)8(3)15-12(18)16-11/h7H,4,6H2,1-3H3,(H,14,17)(H,15,16,18). The molecular formula is C12H16N4O2S. The number of aromatic nitrogens is 2. The monoisotopic (exact) mass is 280 g/mol. The van der Waals surface area contributed by atoms with Crippen molar-refractivity contribution in [3.8, 4) is 6.07 Å². The Labute approximate surface area is 115 Å². The van der Waals surface area contributed by atoms with Crippen LogP contribution < -0.4 is 11.0 Å². The molecule has 1 unspecified atom stereocenters. The number of carbonyl (C=O) groups excluding carboxylic acids is 1. The number of hydrogen-bond donors (Lipinski definition) is 2. The van der Waals surface area contributed by atoms with E-state index in [4.69, 9.17) is 5.26 Å². The van der Waals surface area contributed by atoms with Crippen molar-refractivity contribution in [3.05, 3.63) is 21.7 Å². The van der Waals surface area contributed by atoms with Gasteiger partial charge in [-0.2, -0.15) is 10.2 Å². The predicted molar refractivity (Wildman–Crippen MR) is 72.9 cm³/mol. The van der Waals surface area contributed by atoms with Crippen LogP contribution in [0.15, 0.2) is 9.82 Å². The van der Waals surface area contributed by atoms with Crippen LogP contribution in [-0.2, 0) is 4.79 Å². The summed E-state index contributed by atoms with van der Waals surface area (Å²) in [5.74, 6) is -0.00229. The van der Waals surface area contributed by atoms with Gasteiger partial charge < -0.3 is 10.3 Å². The van der Waals surface area contributed by atoms with E-state index in [1.807, 2.05) is 19.9 Å². The van der Waals surface area contributed by atoms with E-state index in [0.29, 0.717) is 16.3 Å². The molecule has 0 aliphatic rings. The summed E-state index contributed by atoms with van der Waals surface area (Å²) in [6.45, 7) is 5.53. The molecule has 1 atom stereocenters. The number of nitrogens with zero attached hydrogens (tertiary/aromatic N) is 2. The molecule has 19 heavy (non-hydrogen) atoms. The van der Waals surface area contributed by atoms with E-state index in [9.17, 15) is 9.59 Å². The van der Waals surface area contributed by atoms with Crippen LogP contribution in [-0.4, -0.2) is 27.7 Å².